The molecular weight excluding hydrogens is 294 g/mol. The molecule has 1 aromatic carbocycles. The van der Waals surface area contributed by atoms with Gasteiger partial charge in [-0.1, -0.05) is 17.7 Å². The number of guanidine groups is 1. The van der Waals surface area contributed by atoms with Gasteiger partial charge >= 0.3 is 0 Å². The molecule has 21 heavy (non-hydrogen) atoms. The van der Waals surface area contributed by atoms with Crippen molar-refractivity contribution >= 4 is 21.8 Å². The van der Waals surface area contributed by atoms with Gasteiger partial charge in [-0.2, -0.15) is 8.42 Å². The number of hydrogen-bond donors (Lipinski definition) is 2. The number of nitrogens with two attached hydrogens (primary N) is 1. The van der Waals surface area contributed by atoms with Gasteiger partial charge in [0.15, 0.2) is 6.10 Å². The number of ether oxygens (including phenoxy) is 1. The number of hydrogen-bond acceptors (Lipinski definition) is 4. The van der Waals surface area contributed by atoms with Crippen LogP contribution in [0.1, 0.15) is 5.56 Å². The standard InChI is InChI=1S/C13H15N3O4S/c1-9-2-4-10(5-3-9)21(18,19)16-13(14)15-8-12-11(17)6-7-20-12/h2-7,12H,8H2,1H3,(H3,14,15,16). The molecule has 7 nitrogen and oxygen atoms in total. The Hall–Kier alpha value is -2.35. The molecule has 0 amide bonds. The molecule has 1 aromatic rings. The Morgan fingerprint density at radius 2 is 2.05 bits per heavy atom. The number of aryl methyl sites for hydroxylation is 1. The van der Waals surface area contributed by atoms with Gasteiger partial charge in [0, 0.05) is 6.08 Å². The Kier molecular flexibility index (Phi) is 4.27. The van der Waals surface area contributed by atoms with E-state index in [-0.39, 0.29) is 23.2 Å². The van der Waals surface area contributed by atoms with Gasteiger partial charge in [-0.25, -0.2) is 0 Å². The maximum absolute atomic E-state index is 12.0. The Balaban J connectivity index is 2.03. The molecule has 0 bridgehead atoms. The maximum Gasteiger partial charge on any atom is 0.285 e. The van der Waals surface area contributed by atoms with Crippen LogP contribution >= 0.6 is 0 Å². The van der Waals surface area contributed by atoms with Gasteiger partial charge < -0.3 is 15.8 Å². The average Bonchev–Trinajstić information content (AvgIpc) is 2.82. The summed E-state index contributed by atoms with van der Waals surface area (Å²) in [7, 11) is -3.88. The van der Waals surface area contributed by atoms with E-state index in [1.54, 1.807) is 12.1 Å². The van der Waals surface area contributed by atoms with Crippen molar-refractivity contribution in [3.8, 4) is 0 Å². The van der Waals surface area contributed by atoms with E-state index in [0.717, 1.165) is 5.56 Å². The van der Waals surface area contributed by atoms with Crippen molar-refractivity contribution in [2.75, 3.05) is 6.54 Å². The van der Waals surface area contributed by atoms with Gasteiger partial charge in [0.1, 0.15) is 0 Å². The predicted octanol–water partition coefficient (Wildman–Crippen LogP) is 0.0696. The molecule has 1 aliphatic rings. The van der Waals surface area contributed by atoms with Crippen LogP contribution in [0.4, 0.5) is 0 Å². The minimum absolute atomic E-state index is 0.0462. The van der Waals surface area contributed by atoms with Gasteiger partial charge in [-0.05, 0) is 19.1 Å². The summed E-state index contributed by atoms with van der Waals surface area (Å²) in [5.74, 6) is -0.504. The molecule has 1 unspecified atom stereocenters. The number of nitrogens with zero attached hydrogens (tertiary/aromatic N) is 1. The average molecular weight is 309 g/mol. The Labute approximate surface area is 122 Å². The first kappa shape index (κ1) is 15.0. The van der Waals surface area contributed by atoms with Gasteiger partial charge in [0.2, 0.25) is 11.7 Å². The lowest BCUT2D eigenvalue weighted by molar-refractivity contribution is -0.119. The molecular formula is C13H15N3O4S. The number of ketones is 1. The maximum atomic E-state index is 12.0. The molecule has 0 fully saturated rings. The molecule has 112 valence electrons. The Morgan fingerprint density at radius 3 is 2.62 bits per heavy atom. The molecule has 0 spiro atoms. The van der Waals surface area contributed by atoms with Crippen LogP contribution in [0, 0.1) is 6.92 Å². The largest absolute Gasteiger partial charge is 0.488 e. The number of carbonyl (C=O) groups excluding carboxylic acids is 1. The third-order valence-electron chi connectivity index (χ3n) is 2.80. The minimum Gasteiger partial charge on any atom is -0.488 e. The third kappa shape index (κ3) is 3.82. The second-order valence-corrected chi connectivity index (χ2v) is 6.08. The molecule has 2 rings (SSSR count). The van der Waals surface area contributed by atoms with Crippen LogP contribution in [0.25, 0.3) is 0 Å². The highest BCUT2D eigenvalue weighted by atomic mass is 32.2. The predicted molar refractivity (Wildman–Crippen MR) is 77.0 cm³/mol. The van der Waals surface area contributed by atoms with Crippen LogP contribution in [0.2, 0.25) is 0 Å². The van der Waals surface area contributed by atoms with Crippen molar-refractivity contribution in [3.05, 3.63) is 42.2 Å². The number of rotatable bonds is 4. The van der Waals surface area contributed by atoms with E-state index in [1.165, 1.54) is 24.5 Å². The summed E-state index contributed by atoms with van der Waals surface area (Å²) < 4.78 is 32.4. The van der Waals surface area contributed by atoms with Crippen LogP contribution in [0.5, 0.6) is 0 Å². The molecule has 1 heterocycles. The molecule has 0 saturated carbocycles. The summed E-state index contributed by atoms with van der Waals surface area (Å²) >= 11 is 0. The van der Waals surface area contributed by atoms with E-state index in [2.05, 4.69) is 9.71 Å². The van der Waals surface area contributed by atoms with Crippen molar-refractivity contribution in [2.24, 2.45) is 10.1 Å². The highest BCUT2D eigenvalue weighted by Crippen LogP contribution is 2.12. The molecule has 1 aliphatic heterocycles. The molecule has 0 aromatic heterocycles. The molecule has 1 atom stereocenters. The number of benzene rings is 1. The Morgan fingerprint density at radius 1 is 1.38 bits per heavy atom. The quantitative estimate of drug-likeness (QED) is 0.601. The van der Waals surface area contributed by atoms with Crippen molar-refractivity contribution < 1.29 is 17.9 Å². The number of sulfonamides is 1. The van der Waals surface area contributed by atoms with E-state index in [1.807, 2.05) is 6.92 Å². The fourth-order valence-corrected chi connectivity index (χ4v) is 2.56. The SMILES string of the molecule is Cc1ccc(S(=O)(=O)N=C(N)NCC2OC=CC2=O)cc1. The van der Waals surface area contributed by atoms with E-state index < -0.39 is 16.1 Å². The normalized spacial score (nSPS) is 18.6. The summed E-state index contributed by atoms with van der Waals surface area (Å²) in [5.41, 5.74) is 6.46. The van der Waals surface area contributed by atoms with Crippen molar-refractivity contribution in [3.63, 3.8) is 0 Å². The zero-order valence-electron chi connectivity index (χ0n) is 11.3. The number of nitrogens with one attached hydrogen (secondary N) is 1. The fourth-order valence-electron chi connectivity index (χ4n) is 1.65. The first-order valence-electron chi connectivity index (χ1n) is 6.15. The monoisotopic (exact) mass is 309 g/mol. The lowest BCUT2D eigenvalue weighted by Crippen LogP contribution is -2.40. The summed E-state index contributed by atoms with van der Waals surface area (Å²) in [6.07, 6.45) is 1.87. The van der Waals surface area contributed by atoms with Crippen molar-refractivity contribution in [2.45, 2.75) is 17.9 Å². The van der Waals surface area contributed by atoms with Crippen LogP contribution in [0.15, 0.2) is 45.9 Å². The third-order valence-corrected chi connectivity index (χ3v) is 4.10. The second kappa shape index (κ2) is 5.96. The fraction of sp³-hybridized carbons (Fsp3) is 0.231. The first-order valence-corrected chi connectivity index (χ1v) is 7.59. The minimum atomic E-state index is -3.88. The summed E-state index contributed by atoms with van der Waals surface area (Å²) in [4.78, 5) is 11.3. The molecule has 0 saturated heterocycles. The second-order valence-electron chi connectivity index (χ2n) is 4.48. The van der Waals surface area contributed by atoms with Crippen LogP contribution < -0.4 is 11.1 Å². The van der Waals surface area contributed by atoms with Crippen LogP contribution in [-0.2, 0) is 19.6 Å². The summed E-state index contributed by atoms with van der Waals surface area (Å²) in [6, 6.07) is 6.25. The summed E-state index contributed by atoms with van der Waals surface area (Å²) in [5, 5.41) is 2.55. The Bertz CT molecular complexity index is 693. The molecule has 3 N–H and O–H groups in total. The first-order chi connectivity index (χ1) is 9.88. The van der Waals surface area contributed by atoms with E-state index >= 15 is 0 Å². The summed E-state index contributed by atoms with van der Waals surface area (Å²) in [6.45, 7) is 1.90. The van der Waals surface area contributed by atoms with E-state index in [0.29, 0.717) is 0 Å². The van der Waals surface area contributed by atoms with Crippen molar-refractivity contribution in [1.29, 1.82) is 0 Å². The highest BCUT2D eigenvalue weighted by Gasteiger charge is 2.21. The molecule has 8 heteroatoms. The molecule has 0 radical (unpaired) electrons. The van der Waals surface area contributed by atoms with E-state index in [4.69, 9.17) is 10.5 Å². The van der Waals surface area contributed by atoms with Gasteiger partial charge in [0.25, 0.3) is 10.0 Å². The smallest absolute Gasteiger partial charge is 0.285 e. The highest BCUT2D eigenvalue weighted by molar-refractivity contribution is 7.90. The van der Waals surface area contributed by atoms with E-state index in [9.17, 15) is 13.2 Å². The lowest BCUT2D eigenvalue weighted by atomic mass is 10.2. The zero-order chi connectivity index (χ0) is 15.5. The lowest BCUT2D eigenvalue weighted by Gasteiger charge is -2.10. The van der Waals surface area contributed by atoms with Crippen LogP contribution in [0.3, 0.4) is 0 Å². The topological polar surface area (TPSA) is 111 Å². The van der Waals surface area contributed by atoms with Gasteiger partial charge in [0.05, 0.1) is 17.7 Å². The molecule has 0 aliphatic carbocycles. The van der Waals surface area contributed by atoms with Crippen LogP contribution in [-0.4, -0.2) is 32.8 Å². The van der Waals surface area contributed by atoms with Gasteiger partial charge in [-0.3, -0.25) is 4.79 Å². The number of carbonyl (C=O) groups is 1. The van der Waals surface area contributed by atoms with Gasteiger partial charge in [-0.15, -0.1) is 4.40 Å². The van der Waals surface area contributed by atoms with Crippen molar-refractivity contribution in [1.82, 2.24) is 5.32 Å². The zero-order valence-corrected chi connectivity index (χ0v) is 12.1.